The Balaban J connectivity index is 3.03. The van der Waals surface area contributed by atoms with E-state index in [-0.39, 0.29) is 5.69 Å². The van der Waals surface area contributed by atoms with Crippen molar-refractivity contribution in [2.45, 2.75) is 19.4 Å². The minimum Gasteiger partial charge on any atom is -0.480 e. The Kier molecular flexibility index (Phi) is 2.32. The highest BCUT2D eigenvalue weighted by atomic mass is 16.4. The fourth-order valence-corrected chi connectivity index (χ4v) is 1.07. The number of imidazole rings is 1. The number of rotatable bonds is 3. The highest BCUT2D eigenvalue weighted by Crippen LogP contribution is 2.07. The lowest BCUT2D eigenvalue weighted by Gasteiger charge is -2.08. The van der Waals surface area contributed by atoms with Gasteiger partial charge in [0.1, 0.15) is 6.04 Å². The molecule has 66 valence electrons. The molecule has 12 heavy (non-hydrogen) atoms. The van der Waals surface area contributed by atoms with E-state index in [0.717, 1.165) is 0 Å². The Morgan fingerprint density at radius 3 is 2.83 bits per heavy atom. The Morgan fingerprint density at radius 1 is 1.83 bits per heavy atom. The first-order valence-corrected chi connectivity index (χ1v) is 3.65. The van der Waals surface area contributed by atoms with Crippen molar-refractivity contribution < 1.29 is 9.90 Å². The molecule has 1 unspecified atom stereocenters. The maximum atomic E-state index is 11.0. The van der Waals surface area contributed by atoms with Gasteiger partial charge in [0.05, 0.1) is 0 Å². The molecular weight excluding hydrogens is 160 g/mol. The number of aliphatic carboxylic acids is 1. The van der Waals surface area contributed by atoms with Gasteiger partial charge < -0.3 is 10.1 Å². The molecule has 5 heteroatoms. The lowest BCUT2D eigenvalue weighted by atomic mass is 10.2. The molecule has 5 nitrogen and oxygen atoms in total. The number of hydrogen-bond donors (Lipinski definition) is 2. The van der Waals surface area contributed by atoms with Crippen LogP contribution in [0.4, 0.5) is 0 Å². The quantitative estimate of drug-likeness (QED) is 0.681. The molecular formula is C7H10N2O3. The van der Waals surface area contributed by atoms with Gasteiger partial charge >= 0.3 is 11.7 Å². The SMILES string of the molecule is CCC(C(=O)O)n1cc[nH]c1=O. The van der Waals surface area contributed by atoms with Crippen LogP contribution in [0.5, 0.6) is 0 Å². The summed E-state index contributed by atoms with van der Waals surface area (Å²) in [5.41, 5.74) is -0.385. The fraction of sp³-hybridized carbons (Fsp3) is 0.429. The molecule has 0 radical (unpaired) electrons. The fourth-order valence-electron chi connectivity index (χ4n) is 1.07. The number of carboxylic acids is 1. The van der Waals surface area contributed by atoms with Crippen molar-refractivity contribution in [1.29, 1.82) is 0 Å². The molecule has 0 saturated carbocycles. The lowest BCUT2D eigenvalue weighted by molar-refractivity contribution is -0.141. The molecule has 1 atom stereocenters. The third kappa shape index (κ3) is 1.39. The molecule has 0 aliphatic rings. The maximum absolute atomic E-state index is 11.0. The number of aromatic amines is 1. The third-order valence-corrected chi connectivity index (χ3v) is 1.68. The first-order chi connectivity index (χ1) is 5.66. The standard InChI is InChI=1S/C7H10N2O3/c1-2-5(6(10)11)9-4-3-8-7(9)12/h3-5H,2H2,1H3,(H,8,12)(H,10,11). The highest BCUT2D eigenvalue weighted by molar-refractivity contribution is 5.71. The summed E-state index contributed by atoms with van der Waals surface area (Å²) in [7, 11) is 0. The van der Waals surface area contributed by atoms with E-state index >= 15 is 0 Å². The summed E-state index contributed by atoms with van der Waals surface area (Å²) < 4.78 is 1.17. The van der Waals surface area contributed by atoms with Crippen LogP contribution in [0.1, 0.15) is 19.4 Å². The van der Waals surface area contributed by atoms with Gasteiger partial charge in [-0.3, -0.25) is 4.57 Å². The van der Waals surface area contributed by atoms with Gasteiger partial charge in [-0.05, 0) is 6.42 Å². The van der Waals surface area contributed by atoms with Crippen LogP contribution < -0.4 is 5.69 Å². The van der Waals surface area contributed by atoms with Gasteiger partial charge in [-0.2, -0.15) is 0 Å². The van der Waals surface area contributed by atoms with Crippen molar-refractivity contribution >= 4 is 5.97 Å². The van der Waals surface area contributed by atoms with Crippen LogP contribution in [0.25, 0.3) is 0 Å². The number of carbonyl (C=O) groups is 1. The van der Waals surface area contributed by atoms with Crippen molar-refractivity contribution in [2.24, 2.45) is 0 Å². The van der Waals surface area contributed by atoms with Crippen LogP contribution in [-0.4, -0.2) is 20.6 Å². The number of H-pyrrole nitrogens is 1. The Hall–Kier alpha value is -1.52. The predicted molar refractivity (Wildman–Crippen MR) is 42.0 cm³/mol. The van der Waals surface area contributed by atoms with Crippen molar-refractivity contribution in [2.75, 3.05) is 0 Å². The Morgan fingerprint density at radius 2 is 2.50 bits per heavy atom. The van der Waals surface area contributed by atoms with Gasteiger partial charge in [-0.25, -0.2) is 9.59 Å². The van der Waals surface area contributed by atoms with Crippen LogP contribution in [-0.2, 0) is 4.79 Å². The number of carboxylic acid groups (broad SMARTS) is 1. The molecule has 0 spiro atoms. The van der Waals surface area contributed by atoms with E-state index in [2.05, 4.69) is 4.98 Å². The topological polar surface area (TPSA) is 75.1 Å². The van der Waals surface area contributed by atoms with E-state index in [0.29, 0.717) is 6.42 Å². The average Bonchev–Trinajstić information content (AvgIpc) is 2.38. The van der Waals surface area contributed by atoms with E-state index < -0.39 is 12.0 Å². The van der Waals surface area contributed by atoms with Crippen molar-refractivity contribution in [3.63, 3.8) is 0 Å². The summed E-state index contributed by atoms with van der Waals surface area (Å²) in [4.78, 5) is 24.0. The zero-order chi connectivity index (χ0) is 9.14. The number of nitrogens with one attached hydrogen (secondary N) is 1. The van der Waals surface area contributed by atoms with Crippen molar-refractivity contribution in [3.8, 4) is 0 Å². The Labute approximate surface area is 68.6 Å². The van der Waals surface area contributed by atoms with Crippen LogP contribution >= 0.6 is 0 Å². The molecule has 0 amide bonds. The van der Waals surface area contributed by atoms with E-state index in [1.165, 1.54) is 17.0 Å². The maximum Gasteiger partial charge on any atom is 0.326 e. The first kappa shape index (κ1) is 8.58. The first-order valence-electron chi connectivity index (χ1n) is 3.65. The van der Waals surface area contributed by atoms with Gasteiger partial charge in [0.25, 0.3) is 0 Å². The lowest BCUT2D eigenvalue weighted by Crippen LogP contribution is -2.26. The number of aromatic nitrogens is 2. The number of hydrogen-bond acceptors (Lipinski definition) is 2. The number of nitrogens with zero attached hydrogens (tertiary/aromatic N) is 1. The molecule has 1 aromatic rings. The summed E-state index contributed by atoms with van der Waals surface area (Å²) in [6.07, 6.45) is 3.26. The van der Waals surface area contributed by atoms with Gasteiger partial charge in [0, 0.05) is 12.4 Å². The van der Waals surface area contributed by atoms with Crippen molar-refractivity contribution in [1.82, 2.24) is 9.55 Å². The van der Waals surface area contributed by atoms with Gasteiger partial charge in [0.15, 0.2) is 0 Å². The molecule has 1 heterocycles. The molecule has 0 aromatic carbocycles. The summed E-state index contributed by atoms with van der Waals surface area (Å²) in [6.45, 7) is 1.72. The van der Waals surface area contributed by atoms with E-state index in [4.69, 9.17) is 5.11 Å². The summed E-state index contributed by atoms with van der Waals surface area (Å²) in [5, 5.41) is 8.70. The molecule has 0 aliphatic carbocycles. The van der Waals surface area contributed by atoms with Crippen molar-refractivity contribution in [3.05, 3.63) is 22.9 Å². The minimum absolute atomic E-state index is 0.385. The summed E-state index contributed by atoms with van der Waals surface area (Å²) >= 11 is 0. The van der Waals surface area contributed by atoms with Gasteiger partial charge in [0.2, 0.25) is 0 Å². The largest absolute Gasteiger partial charge is 0.480 e. The van der Waals surface area contributed by atoms with Crippen LogP contribution in [0.2, 0.25) is 0 Å². The van der Waals surface area contributed by atoms with Gasteiger partial charge in [-0.15, -0.1) is 0 Å². The Bertz CT molecular complexity index is 325. The smallest absolute Gasteiger partial charge is 0.326 e. The molecule has 0 saturated heterocycles. The van der Waals surface area contributed by atoms with E-state index in [9.17, 15) is 9.59 Å². The molecule has 0 aliphatic heterocycles. The third-order valence-electron chi connectivity index (χ3n) is 1.68. The van der Waals surface area contributed by atoms with Crippen LogP contribution in [0.15, 0.2) is 17.2 Å². The monoisotopic (exact) mass is 170 g/mol. The van der Waals surface area contributed by atoms with Crippen LogP contribution in [0, 0.1) is 0 Å². The normalized spacial score (nSPS) is 12.8. The summed E-state index contributed by atoms with van der Waals surface area (Å²) in [5.74, 6) is -0.987. The van der Waals surface area contributed by atoms with E-state index in [1.807, 2.05) is 0 Å². The molecule has 1 aromatic heterocycles. The molecule has 1 rings (SSSR count). The second kappa shape index (κ2) is 3.25. The molecule has 0 bridgehead atoms. The predicted octanol–water partition coefficient (Wildman–Crippen LogP) is 0.212. The van der Waals surface area contributed by atoms with E-state index in [1.54, 1.807) is 6.92 Å². The van der Waals surface area contributed by atoms with Gasteiger partial charge in [-0.1, -0.05) is 6.92 Å². The molecule has 0 fully saturated rings. The zero-order valence-corrected chi connectivity index (χ0v) is 6.65. The highest BCUT2D eigenvalue weighted by Gasteiger charge is 2.17. The average molecular weight is 170 g/mol. The second-order valence-corrected chi connectivity index (χ2v) is 2.43. The zero-order valence-electron chi connectivity index (χ0n) is 6.65. The second-order valence-electron chi connectivity index (χ2n) is 2.43. The molecule has 2 N–H and O–H groups in total. The van der Waals surface area contributed by atoms with Crippen LogP contribution in [0.3, 0.4) is 0 Å². The minimum atomic E-state index is -0.987. The summed E-state index contributed by atoms with van der Waals surface area (Å²) in [6, 6.07) is -0.760.